The van der Waals surface area contributed by atoms with Crippen molar-refractivity contribution in [1.29, 1.82) is 0 Å². The SMILES string of the molecule is CC1CC1c1noc(CC2CCNCC2)n1. The highest BCUT2D eigenvalue weighted by atomic mass is 16.5. The highest BCUT2D eigenvalue weighted by Crippen LogP contribution is 2.45. The lowest BCUT2D eigenvalue weighted by Crippen LogP contribution is -2.28. The van der Waals surface area contributed by atoms with Gasteiger partial charge in [-0.05, 0) is 44.2 Å². The van der Waals surface area contributed by atoms with Crippen LogP contribution in [0.5, 0.6) is 0 Å². The average molecular weight is 221 g/mol. The molecule has 2 fully saturated rings. The Kier molecular flexibility index (Phi) is 2.67. The Hall–Kier alpha value is -0.900. The smallest absolute Gasteiger partial charge is 0.226 e. The van der Waals surface area contributed by atoms with E-state index >= 15 is 0 Å². The lowest BCUT2D eigenvalue weighted by atomic mass is 9.95. The zero-order chi connectivity index (χ0) is 11.0. The van der Waals surface area contributed by atoms with Crippen molar-refractivity contribution in [1.82, 2.24) is 15.5 Å². The Balaban J connectivity index is 1.59. The first-order valence-corrected chi connectivity index (χ1v) is 6.36. The van der Waals surface area contributed by atoms with Crippen molar-refractivity contribution < 1.29 is 4.52 Å². The topological polar surface area (TPSA) is 51.0 Å². The largest absolute Gasteiger partial charge is 0.339 e. The molecule has 0 bridgehead atoms. The van der Waals surface area contributed by atoms with Gasteiger partial charge in [-0.3, -0.25) is 0 Å². The van der Waals surface area contributed by atoms with Crippen LogP contribution in [0.25, 0.3) is 0 Å². The van der Waals surface area contributed by atoms with E-state index in [4.69, 9.17) is 4.52 Å². The van der Waals surface area contributed by atoms with Crippen LogP contribution in [0.4, 0.5) is 0 Å². The quantitative estimate of drug-likeness (QED) is 0.844. The van der Waals surface area contributed by atoms with Crippen LogP contribution in [0.2, 0.25) is 0 Å². The van der Waals surface area contributed by atoms with Gasteiger partial charge < -0.3 is 9.84 Å². The molecule has 1 aromatic heterocycles. The first-order valence-electron chi connectivity index (χ1n) is 6.36. The molecular formula is C12H19N3O. The molecule has 1 aliphatic heterocycles. The standard InChI is InChI=1S/C12H19N3O/c1-8-6-10(8)12-14-11(16-15-12)7-9-2-4-13-5-3-9/h8-10,13H,2-7H2,1H3. The molecule has 1 aliphatic carbocycles. The molecule has 2 aliphatic rings. The second-order valence-electron chi connectivity index (χ2n) is 5.26. The lowest BCUT2D eigenvalue weighted by molar-refractivity contribution is 0.312. The summed E-state index contributed by atoms with van der Waals surface area (Å²) in [6, 6.07) is 0. The van der Waals surface area contributed by atoms with Crippen molar-refractivity contribution in [3.05, 3.63) is 11.7 Å². The average Bonchev–Trinajstić information content (AvgIpc) is 2.86. The molecule has 1 N–H and O–H groups in total. The minimum absolute atomic E-state index is 0.575. The van der Waals surface area contributed by atoms with Crippen molar-refractivity contribution in [3.63, 3.8) is 0 Å². The number of hydrogen-bond acceptors (Lipinski definition) is 4. The molecule has 1 aromatic rings. The summed E-state index contributed by atoms with van der Waals surface area (Å²) in [5.41, 5.74) is 0. The van der Waals surface area contributed by atoms with E-state index in [0.29, 0.717) is 5.92 Å². The molecule has 1 saturated carbocycles. The third-order valence-corrected chi connectivity index (χ3v) is 3.85. The predicted octanol–water partition coefficient (Wildman–Crippen LogP) is 1.74. The summed E-state index contributed by atoms with van der Waals surface area (Å²) in [6.07, 6.45) is 4.66. The zero-order valence-electron chi connectivity index (χ0n) is 9.78. The summed E-state index contributed by atoms with van der Waals surface area (Å²) < 4.78 is 5.34. The van der Waals surface area contributed by atoms with E-state index in [1.807, 2.05) is 0 Å². The van der Waals surface area contributed by atoms with Crippen molar-refractivity contribution >= 4 is 0 Å². The van der Waals surface area contributed by atoms with Crippen molar-refractivity contribution in [2.75, 3.05) is 13.1 Å². The molecule has 2 atom stereocenters. The minimum Gasteiger partial charge on any atom is -0.339 e. The normalized spacial score (nSPS) is 30.6. The minimum atomic E-state index is 0.575. The van der Waals surface area contributed by atoms with E-state index in [2.05, 4.69) is 22.4 Å². The molecule has 3 rings (SSSR count). The van der Waals surface area contributed by atoms with Gasteiger partial charge in [-0.1, -0.05) is 12.1 Å². The fourth-order valence-electron chi connectivity index (χ4n) is 2.52. The van der Waals surface area contributed by atoms with Gasteiger partial charge in [0.1, 0.15) is 0 Å². The molecule has 4 heteroatoms. The van der Waals surface area contributed by atoms with Crippen LogP contribution in [0.15, 0.2) is 4.52 Å². The second kappa shape index (κ2) is 4.17. The Morgan fingerprint density at radius 2 is 2.12 bits per heavy atom. The van der Waals surface area contributed by atoms with E-state index < -0.39 is 0 Å². The Morgan fingerprint density at radius 3 is 2.81 bits per heavy atom. The van der Waals surface area contributed by atoms with Crippen LogP contribution in [-0.2, 0) is 6.42 Å². The van der Waals surface area contributed by atoms with E-state index in [9.17, 15) is 0 Å². The van der Waals surface area contributed by atoms with Crippen molar-refractivity contribution in [2.45, 2.75) is 38.5 Å². The third kappa shape index (κ3) is 2.12. The monoisotopic (exact) mass is 221 g/mol. The molecule has 2 unspecified atom stereocenters. The van der Waals surface area contributed by atoms with Crippen LogP contribution in [-0.4, -0.2) is 23.2 Å². The van der Waals surface area contributed by atoms with Gasteiger partial charge in [0.15, 0.2) is 5.82 Å². The predicted molar refractivity (Wildman–Crippen MR) is 60.1 cm³/mol. The maximum atomic E-state index is 5.34. The molecule has 0 aromatic carbocycles. The number of nitrogens with one attached hydrogen (secondary N) is 1. The van der Waals surface area contributed by atoms with Gasteiger partial charge in [0.25, 0.3) is 0 Å². The summed E-state index contributed by atoms with van der Waals surface area (Å²) in [5.74, 6) is 3.85. The third-order valence-electron chi connectivity index (χ3n) is 3.85. The molecule has 88 valence electrons. The lowest BCUT2D eigenvalue weighted by Gasteiger charge is -2.20. The van der Waals surface area contributed by atoms with Gasteiger partial charge in [-0.15, -0.1) is 0 Å². The molecule has 2 heterocycles. The van der Waals surface area contributed by atoms with Crippen LogP contribution < -0.4 is 5.32 Å². The Bertz CT molecular complexity index is 357. The van der Waals surface area contributed by atoms with Crippen LogP contribution in [0.3, 0.4) is 0 Å². The molecule has 0 amide bonds. The van der Waals surface area contributed by atoms with E-state index in [1.165, 1.54) is 19.3 Å². The zero-order valence-corrected chi connectivity index (χ0v) is 9.78. The maximum Gasteiger partial charge on any atom is 0.226 e. The van der Waals surface area contributed by atoms with Crippen LogP contribution in [0, 0.1) is 11.8 Å². The van der Waals surface area contributed by atoms with Gasteiger partial charge in [0.2, 0.25) is 5.89 Å². The Morgan fingerprint density at radius 1 is 1.38 bits per heavy atom. The summed E-state index contributed by atoms with van der Waals surface area (Å²) in [7, 11) is 0. The van der Waals surface area contributed by atoms with Crippen LogP contribution >= 0.6 is 0 Å². The number of aromatic nitrogens is 2. The highest BCUT2D eigenvalue weighted by Gasteiger charge is 2.38. The summed E-state index contributed by atoms with van der Waals surface area (Å²) in [5, 5.41) is 7.47. The van der Waals surface area contributed by atoms with Gasteiger partial charge in [0.05, 0.1) is 0 Å². The fraction of sp³-hybridized carbons (Fsp3) is 0.833. The molecule has 1 saturated heterocycles. The number of piperidine rings is 1. The molecule has 16 heavy (non-hydrogen) atoms. The van der Waals surface area contributed by atoms with Crippen molar-refractivity contribution in [3.8, 4) is 0 Å². The molecule has 0 radical (unpaired) electrons. The summed E-state index contributed by atoms with van der Waals surface area (Å²) >= 11 is 0. The molecule has 0 spiro atoms. The van der Waals surface area contributed by atoms with Gasteiger partial charge in [0, 0.05) is 12.3 Å². The fourth-order valence-corrected chi connectivity index (χ4v) is 2.52. The first kappa shape index (κ1) is 10.3. The number of rotatable bonds is 3. The second-order valence-corrected chi connectivity index (χ2v) is 5.26. The van der Waals surface area contributed by atoms with E-state index in [0.717, 1.165) is 43.1 Å². The van der Waals surface area contributed by atoms with Gasteiger partial charge in [-0.2, -0.15) is 4.98 Å². The highest BCUT2D eigenvalue weighted by molar-refractivity contribution is 5.07. The van der Waals surface area contributed by atoms with Gasteiger partial charge >= 0.3 is 0 Å². The number of nitrogens with zero attached hydrogens (tertiary/aromatic N) is 2. The summed E-state index contributed by atoms with van der Waals surface area (Å²) in [4.78, 5) is 4.52. The van der Waals surface area contributed by atoms with Gasteiger partial charge in [-0.25, -0.2) is 0 Å². The Labute approximate surface area is 95.8 Å². The van der Waals surface area contributed by atoms with Crippen LogP contribution in [0.1, 0.15) is 43.8 Å². The van der Waals surface area contributed by atoms with E-state index in [1.54, 1.807) is 0 Å². The molecular weight excluding hydrogens is 202 g/mol. The first-order chi connectivity index (χ1) is 7.83. The molecule has 4 nitrogen and oxygen atoms in total. The summed E-state index contributed by atoms with van der Waals surface area (Å²) in [6.45, 7) is 4.50. The maximum absolute atomic E-state index is 5.34. The van der Waals surface area contributed by atoms with Crippen molar-refractivity contribution in [2.24, 2.45) is 11.8 Å². The number of hydrogen-bond donors (Lipinski definition) is 1. The van der Waals surface area contributed by atoms with E-state index in [-0.39, 0.29) is 0 Å².